The summed E-state index contributed by atoms with van der Waals surface area (Å²) in [5.41, 5.74) is 6.48. The fourth-order valence-corrected chi connectivity index (χ4v) is 3.29. The predicted molar refractivity (Wildman–Crippen MR) is 77.4 cm³/mol. The molecule has 6 heteroatoms. The standard InChI is InChI=1S/C13H10Cl2FNOS/c14-10-3-1-2-8(13(10)15)7-19(18)12-5-4-9(16)6-11(12)17/h1-6H,7,17H2. The number of anilines is 1. The minimum absolute atomic E-state index is 0.163. The van der Waals surface area contributed by atoms with Crippen LogP contribution in [0.1, 0.15) is 5.56 Å². The zero-order chi connectivity index (χ0) is 14.0. The lowest BCUT2D eigenvalue weighted by Gasteiger charge is -2.08. The minimum atomic E-state index is -1.41. The smallest absolute Gasteiger partial charge is 0.125 e. The van der Waals surface area contributed by atoms with Crippen molar-refractivity contribution in [1.82, 2.24) is 0 Å². The molecule has 0 heterocycles. The second kappa shape index (κ2) is 5.90. The lowest BCUT2D eigenvalue weighted by molar-refractivity contribution is 0.627. The van der Waals surface area contributed by atoms with E-state index in [9.17, 15) is 8.60 Å². The Morgan fingerprint density at radius 2 is 1.95 bits per heavy atom. The van der Waals surface area contributed by atoms with Crippen LogP contribution in [0.25, 0.3) is 0 Å². The van der Waals surface area contributed by atoms with Gasteiger partial charge in [0, 0.05) is 0 Å². The molecule has 0 aliphatic rings. The SMILES string of the molecule is Nc1cc(F)ccc1S(=O)Cc1cccc(Cl)c1Cl. The molecule has 2 nitrogen and oxygen atoms in total. The van der Waals surface area contributed by atoms with Crippen molar-refractivity contribution in [3.63, 3.8) is 0 Å². The van der Waals surface area contributed by atoms with Gasteiger partial charge < -0.3 is 5.73 Å². The topological polar surface area (TPSA) is 43.1 Å². The quantitative estimate of drug-likeness (QED) is 0.869. The first-order valence-electron chi connectivity index (χ1n) is 5.35. The lowest BCUT2D eigenvalue weighted by Crippen LogP contribution is -2.02. The van der Waals surface area contributed by atoms with E-state index >= 15 is 0 Å². The average Bonchev–Trinajstić information content (AvgIpc) is 2.34. The summed E-state index contributed by atoms with van der Waals surface area (Å²) in [6, 6.07) is 8.92. The van der Waals surface area contributed by atoms with E-state index in [-0.39, 0.29) is 11.4 Å². The predicted octanol–water partition coefficient (Wildman–Crippen LogP) is 4.02. The number of hydrogen-bond acceptors (Lipinski definition) is 2. The largest absolute Gasteiger partial charge is 0.398 e. The minimum Gasteiger partial charge on any atom is -0.398 e. The van der Waals surface area contributed by atoms with Crippen molar-refractivity contribution in [2.75, 3.05) is 5.73 Å². The van der Waals surface area contributed by atoms with Gasteiger partial charge in [0.1, 0.15) is 5.82 Å². The summed E-state index contributed by atoms with van der Waals surface area (Å²) in [6.45, 7) is 0. The summed E-state index contributed by atoms with van der Waals surface area (Å²) in [4.78, 5) is 0.387. The van der Waals surface area contributed by atoms with Crippen molar-refractivity contribution >= 4 is 39.7 Å². The second-order valence-corrected chi connectivity index (χ2v) is 6.09. The van der Waals surface area contributed by atoms with Crippen LogP contribution in [0.5, 0.6) is 0 Å². The Bertz CT molecular complexity index is 649. The first kappa shape index (κ1) is 14.3. The molecule has 0 spiro atoms. The van der Waals surface area contributed by atoms with Crippen LogP contribution < -0.4 is 5.73 Å². The first-order valence-corrected chi connectivity index (χ1v) is 7.43. The molecule has 2 aromatic carbocycles. The molecule has 0 saturated carbocycles. The van der Waals surface area contributed by atoms with Gasteiger partial charge in [-0.05, 0) is 29.8 Å². The highest BCUT2D eigenvalue weighted by Gasteiger charge is 2.12. The van der Waals surface area contributed by atoms with Crippen molar-refractivity contribution in [3.8, 4) is 0 Å². The van der Waals surface area contributed by atoms with Gasteiger partial charge in [0.2, 0.25) is 0 Å². The molecule has 2 N–H and O–H groups in total. The highest BCUT2D eigenvalue weighted by atomic mass is 35.5. The fourth-order valence-electron chi connectivity index (χ4n) is 1.61. The molecule has 0 fully saturated rings. The van der Waals surface area contributed by atoms with Gasteiger partial charge in [-0.15, -0.1) is 0 Å². The maximum atomic E-state index is 12.9. The maximum Gasteiger partial charge on any atom is 0.125 e. The van der Waals surface area contributed by atoms with Crippen molar-refractivity contribution < 1.29 is 8.60 Å². The number of hydrogen-bond donors (Lipinski definition) is 1. The van der Waals surface area contributed by atoms with E-state index in [1.807, 2.05) is 0 Å². The summed E-state index contributed by atoms with van der Waals surface area (Å²) >= 11 is 11.9. The van der Waals surface area contributed by atoms with Gasteiger partial charge in [-0.1, -0.05) is 35.3 Å². The average molecular weight is 318 g/mol. The molecule has 1 unspecified atom stereocenters. The van der Waals surface area contributed by atoms with Crippen molar-refractivity contribution in [3.05, 3.63) is 57.8 Å². The normalized spacial score (nSPS) is 12.4. The number of nitrogens with two attached hydrogens (primary N) is 1. The zero-order valence-corrected chi connectivity index (χ0v) is 12.0. The molecule has 19 heavy (non-hydrogen) atoms. The van der Waals surface area contributed by atoms with E-state index in [4.69, 9.17) is 28.9 Å². The number of halogens is 3. The van der Waals surface area contributed by atoms with E-state index in [1.54, 1.807) is 18.2 Å². The molecule has 2 aromatic rings. The molecule has 0 aliphatic heterocycles. The fraction of sp³-hybridized carbons (Fsp3) is 0.0769. The van der Waals surface area contributed by atoms with Crippen molar-refractivity contribution in [1.29, 1.82) is 0 Å². The van der Waals surface area contributed by atoms with E-state index in [1.165, 1.54) is 12.1 Å². The van der Waals surface area contributed by atoms with Crippen LogP contribution in [0.4, 0.5) is 10.1 Å². The Hall–Kier alpha value is -1.10. The highest BCUT2D eigenvalue weighted by molar-refractivity contribution is 7.84. The van der Waals surface area contributed by atoms with Gasteiger partial charge in [-0.2, -0.15) is 0 Å². The number of rotatable bonds is 3. The summed E-state index contributed by atoms with van der Waals surface area (Å²) in [6.07, 6.45) is 0. The highest BCUT2D eigenvalue weighted by Crippen LogP contribution is 2.28. The van der Waals surface area contributed by atoms with E-state index in [2.05, 4.69) is 0 Å². The van der Waals surface area contributed by atoms with Crippen molar-refractivity contribution in [2.45, 2.75) is 10.6 Å². The number of benzene rings is 2. The lowest BCUT2D eigenvalue weighted by atomic mass is 10.2. The molecule has 0 amide bonds. The van der Waals surface area contributed by atoms with Crippen LogP contribution in [0, 0.1) is 5.82 Å². The summed E-state index contributed by atoms with van der Waals surface area (Å²) in [5, 5.41) is 0.779. The van der Waals surface area contributed by atoms with Gasteiger partial charge in [0.15, 0.2) is 0 Å². The third kappa shape index (κ3) is 3.26. The Morgan fingerprint density at radius 1 is 1.21 bits per heavy atom. The first-order chi connectivity index (χ1) is 8.99. The molecule has 0 aromatic heterocycles. The van der Waals surface area contributed by atoms with E-state index in [0.717, 1.165) is 6.07 Å². The zero-order valence-electron chi connectivity index (χ0n) is 9.70. The molecule has 0 saturated heterocycles. The molecular formula is C13H10Cl2FNOS. The van der Waals surface area contributed by atoms with Crippen LogP contribution in [-0.4, -0.2) is 4.21 Å². The monoisotopic (exact) mass is 317 g/mol. The summed E-state index contributed by atoms with van der Waals surface area (Å²) < 4.78 is 25.2. The molecule has 0 radical (unpaired) electrons. The van der Waals surface area contributed by atoms with Crippen LogP contribution in [0.15, 0.2) is 41.3 Å². The molecule has 0 aliphatic carbocycles. The molecule has 1 atom stereocenters. The summed E-state index contributed by atoms with van der Waals surface area (Å²) in [7, 11) is -1.41. The van der Waals surface area contributed by atoms with Crippen LogP contribution >= 0.6 is 23.2 Å². The van der Waals surface area contributed by atoms with Crippen LogP contribution in [0.2, 0.25) is 10.0 Å². The second-order valence-electron chi connectivity index (χ2n) is 3.88. The Kier molecular flexibility index (Phi) is 4.45. The van der Waals surface area contributed by atoms with Gasteiger partial charge in [0.05, 0.1) is 37.2 Å². The van der Waals surface area contributed by atoms with Crippen molar-refractivity contribution in [2.24, 2.45) is 0 Å². The molecule has 2 rings (SSSR count). The molecule has 0 bridgehead atoms. The van der Waals surface area contributed by atoms with Crippen LogP contribution in [0.3, 0.4) is 0 Å². The molecular weight excluding hydrogens is 308 g/mol. The van der Waals surface area contributed by atoms with Gasteiger partial charge in [-0.25, -0.2) is 4.39 Å². The third-order valence-corrected chi connectivity index (χ3v) is 4.83. The van der Waals surface area contributed by atoms with E-state index < -0.39 is 16.6 Å². The summed E-state index contributed by atoms with van der Waals surface area (Å²) in [5.74, 6) is -0.283. The number of nitrogen functional groups attached to an aromatic ring is 1. The maximum absolute atomic E-state index is 12.9. The van der Waals surface area contributed by atoms with Gasteiger partial charge in [0.25, 0.3) is 0 Å². The van der Waals surface area contributed by atoms with Crippen LogP contribution in [-0.2, 0) is 16.6 Å². The Labute approximate surface area is 122 Å². The Balaban J connectivity index is 2.28. The van der Waals surface area contributed by atoms with Gasteiger partial charge >= 0.3 is 0 Å². The Morgan fingerprint density at radius 3 is 2.63 bits per heavy atom. The van der Waals surface area contributed by atoms with E-state index in [0.29, 0.717) is 20.5 Å². The molecule has 100 valence electrons. The third-order valence-electron chi connectivity index (χ3n) is 2.54. The van der Waals surface area contributed by atoms with Gasteiger partial charge in [-0.3, -0.25) is 4.21 Å².